The summed E-state index contributed by atoms with van der Waals surface area (Å²) >= 11 is 2.22. The van der Waals surface area contributed by atoms with E-state index in [-0.39, 0.29) is 5.56 Å². The Kier molecular flexibility index (Phi) is 2.64. The first-order valence-corrected chi connectivity index (χ1v) is 5.56. The molecule has 0 fully saturated rings. The molecule has 0 aliphatic heterocycles. The van der Waals surface area contributed by atoms with Gasteiger partial charge in [-0.2, -0.15) is 5.10 Å². The van der Waals surface area contributed by atoms with Crippen molar-refractivity contribution >= 4 is 22.6 Å². The van der Waals surface area contributed by atoms with E-state index in [9.17, 15) is 4.79 Å². The Bertz CT molecular complexity index is 556. The molecule has 0 bridgehead atoms. The van der Waals surface area contributed by atoms with E-state index in [1.807, 2.05) is 13.0 Å². The number of aromatic amines is 1. The summed E-state index contributed by atoms with van der Waals surface area (Å²) in [5.74, 6) is 0. The van der Waals surface area contributed by atoms with Gasteiger partial charge in [0.15, 0.2) is 0 Å². The van der Waals surface area contributed by atoms with Crippen LogP contribution in [0.1, 0.15) is 5.69 Å². The van der Waals surface area contributed by atoms with Gasteiger partial charge in [0.2, 0.25) is 0 Å². The fraction of sp³-hybridized carbons (Fsp3) is 0.200. The summed E-state index contributed by atoms with van der Waals surface area (Å²) in [6.45, 7) is 1.96. The van der Waals surface area contributed by atoms with Crippen molar-refractivity contribution in [3.63, 3.8) is 0 Å². The van der Waals surface area contributed by atoms with E-state index in [1.165, 1.54) is 6.07 Å². The van der Waals surface area contributed by atoms with Gasteiger partial charge >= 0.3 is 0 Å². The first-order chi connectivity index (χ1) is 7.11. The standard InChI is InChI=1S/C10H10IN3O/c1-6-9(11)10(13-12-6)7-4-3-5-8(15)14(7)2/h3-5H,1-2H3,(H,12,13). The normalized spacial score (nSPS) is 10.6. The minimum Gasteiger partial charge on any atom is -0.310 e. The molecule has 2 heterocycles. The van der Waals surface area contributed by atoms with E-state index in [2.05, 4.69) is 32.8 Å². The van der Waals surface area contributed by atoms with Crippen LogP contribution in [0.4, 0.5) is 0 Å². The van der Waals surface area contributed by atoms with Crippen LogP contribution in [0.25, 0.3) is 11.4 Å². The average molecular weight is 315 g/mol. The third kappa shape index (κ3) is 1.71. The molecule has 0 unspecified atom stereocenters. The van der Waals surface area contributed by atoms with Crippen molar-refractivity contribution in [3.05, 3.63) is 37.8 Å². The molecule has 0 amide bonds. The van der Waals surface area contributed by atoms with Crippen molar-refractivity contribution in [2.45, 2.75) is 6.92 Å². The van der Waals surface area contributed by atoms with Gasteiger partial charge in [0.25, 0.3) is 5.56 Å². The minimum atomic E-state index is -0.0241. The van der Waals surface area contributed by atoms with E-state index in [0.29, 0.717) is 0 Å². The van der Waals surface area contributed by atoms with Gasteiger partial charge in [0, 0.05) is 18.8 Å². The van der Waals surface area contributed by atoms with Crippen molar-refractivity contribution in [1.29, 1.82) is 0 Å². The average Bonchev–Trinajstić information content (AvgIpc) is 2.53. The smallest absolute Gasteiger partial charge is 0.250 e. The summed E-state index contributed by atoms with van der Waals surface area (Å²) in [6.07, 6.45) is 0. The Morgan fingerprint density at radius 2 is 2.20 bits per heavy atom. The number of hydrogen-bond acceptors (Lipinski definition) is 2. The van der Waals surface area contributed by atoms with Crippen molar-refractivity contribution < 1.29 is 0 Å². The van der Waals surface area contributed by atoms with Gasteiger partial charge in [-0.1, -0.05) is 6.07 Å². The van der Waals surface area contributed by atoms with Crippen molar-refractivity contribution in [2.75, 3.05) is 0 Å². The van der Waals surface area contributed by atoms with Gasteiger partial charge in [-0.15, -0.1) is 0 Å². The van der Waals surface area contributed by atoms with Gasteiger partial charge in [0.05, 0.1) is 9.26 Å². The SMILES string of the molecule is Cc1[nH]nc(-c2cccc(=O)n2C)c1I. The summed E-state index contributed by atoms with van der Waals surface area (Å²) in [4.78, 5) is 11.5. The molecule has 0 saturated heterocycles. The molecule has 0 spiro atoms. The largest absolute Gasteiger partial charge is 0.310 e. The summed E-state index contributed by atoms with van der Waals surface area (Å²) in [5.41, 5.74) is 2.65. The molecule has 0 atom stereocenters. The van der Waals surface area contributed by atoms with Crippen LogP contribution in [-0.4, -0.2) is 14.8 Å². The third-order valence-corrected chi connectivity index (χ3v) is 3.62. The summed E-state index contributed by atoms with van der Waals surface area (Å²) in [7, 11) is 1.75. The Labute approximate surface area is 100 Å². The Morgan fingerprint density at radius 3 is 2.80 bits per heavy atom. The van der Waals surface area contributed by atoms with Crippen LogP contribution < -0.4 is 5.56 Å². The van der Waals surface area contributed by atoms with Crippen LogP contribution in [0.5, 0.6) is 0 Å². The lowest BCUT2D eigenvalue weighted by Crippen LogP contribution is -2.16. The fourth-order valence-electron chi connectivity index (χ4n) is 1.39. The number of aryl methyl sites for hydroxylation is 1. The van der Waals surface area contributed by atoms with Crippen LogP contribution in [-0.2, 0) is 7.05 Å². The highest BCUT2D eigenvalue weighted by molar-refractivity contribution is 14.1. The molecule has 0 aliphatic carbocycles. The second-order valence-corrected chi connectivity index (χ2v) is 4.40. The van der Waals surface area contributed by atoms with E-state index in [4.69, 9.17) is 0 Å². The molecule has 78 valence electrons. The molecule has 4 nitrogen and oxygen atoms in total. The van der Waals surface area contributed by atoms with Gasteiger partial charge in [-0.05, 0) is 35.6 Å². The zero-order chi connectivity index (χ0) is 11.0. The fourth-order valence-corrected chi connectivity index (χ4v) is 1.90. The number of pyridine rings is 1. The minimum absolute atomic E-state index is 0.0241. The quantitative estimate of drug-likeness (QED) is 0.814. The number of nitrogens with zero attached hydrogens (tertiary/aromatic N) is 2. The van der Waals surface area contributed by atoms with Crippen molar-refractivity contribution in [2.24, 2.45) is 7.05 Å². The second kappa shape index (κ2) is 3.80. The maximum absolute atomic E-state index is 11.5. The summed E-state index contributed by atoms with van der Waals surface area (Å²) in [5, 5.41) is 7.10. The lowest BCUT2D eigenvalue weighted by Gasteiger charge is -2.04. The monoisotopic (exact) mass is 315 g/mol. The Balaban J connectivity index is 2.70. The lowest BCUT2D eigenvalue weighted by molar-refractivity contribution is 0.863. The van der Waals surface area contributed by atoms with Crippen LogP contribution in [0.2, 0.25) is 0 Å². The predicted octanol–water partition coefficient (Wildman–Crippen LogP) is 1.69. The zero-order valence-corrected chi connectivity index (χ0v) is 10.6. The Morgan fingerprint density at radius 1 is 1.47 bits per heavy atom. The molecule has 0 aromatic carbocycles. The molecule has 2 aromatic rings. The lowest BCUT2D eigenvalue weighted by atomic mass is 10.2. The van der Waals surface area contributed by atoms with Gasteiger partial charge in [0.1, 0.15) is 5.69 Å². The number of H-pyrrole nitrogens is 1. The van der Waals surface area contributed by atoms with Crippen molar-refractivity contribution in [1.82, 2.24) is 14.8 Å². The third-order valence-electron chi connectivity index (χ3n) is 2.30. The van der Waals surface area contributed by atoms with Crippen LogP contribution in [0, 0.1) is 10.5 Å². The zero-order valence-electron chi connectivity index (χ0n) is 8.41. The van der Waals surface area contributed by atoms with Gasteiger partial charge in [-0.25, -0.2) is 0 Å². The van der Waals surface area contributed by atoms with Crippen LogP contribution >= 0.6 is 22.6 Å². The summed E-state index contributed by atoms with van der Waals surface area (Å²) in [6, 6.07) is 5.17. The highest BCUT2D eigenvalue weighted by Gasteiger charge is 2.11. The second-order valence-electron chi connectivity index (χ2n) is 3.32. The summed E-state index contributed by atoms with van der Waals surface area (Å²) < 4.78 is 2.64. The van der Waals surface area contributed by atoms with Gasteiger partial charge < -0.3 is 4.57 Å². The maximum atomic E-state index is 11.5. The van der Waals surface area contributed by atoms with Gasteiger partial charge in [-0.3, -0.25) is 9.89 Å². The number of aromatic nitrogens is 3. The topological polar surface area (TPSA) is 50.7 Å². The molecule has 0 aliphatic rings. The molecule has 2 rings (SSSR count). The Hall–Kier alpha value is -1.11. The number of hydrogen-bond donors (Lipinski definition) is 1. The molecule has 0 radical (unpaired) electrons. The van der Waals surface area contributed by atoms with E-state index in [0.717, 1.165) is 20.7 Å². The number of nitrogens with one attached hydrogen (secondary N) is 1. The van der Waals surface area contributed by atoms with E-state index >= 15 is 0 Å². The number of halogens is 1. The molecule has 0 saturated carbocycles. The van der Waals surface area contributed by atoms with Crippen LogP contribution in [0.3, 0.4) is 0 Å². The van der Waals surface area contributed by atoms with E-state index < -0.39 is 0 Å². The molecular formula is C10H10IN3O. The first kappa shape index (κ1) is 10.4. The van der Waals surface area contributed by atoms with E-state index in [1.54, 1.807) is 17.7 Å². The predicted molar refractivity (Wildman–Crippen MR) is 66.7 cm³/mol. The van der Waals surface area contributed by atoms with Crippen LogP contribution in [0.15, 0.2) is 23.0 Å². The maximum Gasteiger partial charge on any atom is 0.250 e. The number of rotatable bonds is 1. The molecule has 5 heteroatoms. The molecule has 2 aromatic heterocycles. The highest BCUT2D eigenvalue weighted by Crippen LogP contribution is 2.23. The molecular weight excluding hydrogens is 305 g/mol. The molecule has 15 heavy (non-hydrogen) atoms. The highest BCUT2D eigenvalue weighted by atomic mass is 127. The first-order valence-electron chi connectivity index (χ1n) is 4.48. The molecule has 1 N–H and O–H groups in total. The van der Waals surface area contributed by atoms with Crippen molar-refractivity contribution in [3.8, 4) is 11.4 Å².